The maximum atomic E-state index is 6.32. The molecule has 2 atom stereocenters. The molecule has 1 aromatic rings. The van der Waals surface area contributed by atoms with Gasteiger partial charge >= 0.3 is 0 Å². The lowest BCUT2D eigenvalue weighted by atomic mass is 9.71. The normalized spacial score (nSPS) is 31.1. The van der Waals surface area contributed by atoms with E-state index in [0.29, 0.717) is 18.6 Å². The van der Waals surface area contributed by atoms with Gasteiger partial charge in [-0.25, -0.2) is 0 Å². The molecule has 0 aromatic heterocycles. The fourth-order valence-corrected chi connectivity index (χ4v) is 4.29. The Morgan fingerprint density at radius 2 is 1.95 bits per heavy atom. The maximum absolute atomic E-state index is 6.32. The minimum absolute atomic E-state index is 0.0435. The van der Waals surface area contributed by atoms with E-state index >= 15 is 0 Å². The summed E-state index contributed by atoms with van der Waals surface area (Å²) in [4.78, 5) is 2.63. The monoisotopic (exact) mass is 288 g/mol. The molecule has 1 aliphatic carbocycles. The molecule has 1 aromatic carbocycles. The molecule has 21 heavy (non-hydrogen) atoms. The van der Waals surface area contributed by atoms with Crippen molar-refractivity contribution >= 4 is 0 Å². The standard InChI is InChI=1S/C18H28N2O/c1-14-7-10-18(13-19,17-6-4-3-5-16(14)17)20-11-8-15(21-2)9-12-20/h3-6,14-15H,7-13,19H2,1-2H3. The van der Waals surface area contributed by atoms with E-state index in [2.05, 4.69) is 36.1 Å². The third-order valence-corrected chi connectivity index (χ3v) is 5.70. The molecule has 2 N–H and O–H groups in total. The first-order valence-electron chi connectivity index (χ1n) is 8.28. The zero-order valence-corrected chi connectivity index (χ0v) is 13.3. The third kappa shape index (κ3) is 2.52. The van der Waals surface area contributed by atoms with E-state index in [1.165, 1.54) is 24.0 Å². The Hall–Kier alpha value is -0.900. The highest BCUT2D eigenvalue weighted by Crippen LogP contribution is 2.45. The SMILES string of the molecule is COC1CCN(C2(CN)CCC(C)c3ccccc32)CC1. The van der Waals surface area contributed by atoms with Crippen molar-refractivity contribution in [3.05, 3.63) is 35.4 Å². The van der Waals surface area contributed by atoms with Crippen LogP contribution in [0.2, 0.25) is 0 Å². The third-order valence-electron chi connectivity index (χ3n) is 5.70. The van der Waals surface area contributed by atoms with Gasteiger partial charge in [-0.15, -0.1) is 0 Å². The highest BCUT2D eigenvalue weighted by Gasteiger charge is 2.43. The van der Waals surface area contributed by atoms with Crippen molar-refractivity contribution in [2.24, 2.45) is 5.73 Å². The van der Waals surface area contributed by atoms with E-state index in [1.54, 1.807) is 0 Å². The van der Waals surface area contributed by atoms with Gasteiger partial charge in [0.25, 0.3) is 0 Å². The fraction of sp³-hybridized carbons (Fsp3) is 0.667. The van der Waals surface area contributed by atoms with Gasteiger partial charge in [-0.3, -0.25) is 4.90 Å². The van der Waals surface area contributed by atoms with Crippen molar-refractivity contribution in [3.63, 3.8) is 0 Å². The summed E-state index contributed by atoms with van der Waals surface area (Å²) in [5.74, 6) is 0.650. The Balaban J connectivity index is 1.92. The lowest BCUT2D eigenvalue weighted by Gasteiger charge is -2.50. The predicted octanol–water partition coefficient (Wildman–Crippen LogP) is 2.85. The summed E-state index contributed by atoms with van der Waals surface area (Å²) in [5, 5.41) is 0. The topological polar surface area (TPSA) is 38.5 Å². The van der Waals surface area contributed by atoms with E-state index in [0.717, 1.165) is 25.9 Å². The van der Waals surface area contributed by atoms with Crippen molar-refractivity contribution in [1.29, 1.82) is 0 Å². The van der Waals surface area contributed by atoms with Crippen LogP contribution in [0.25, 0.3) is 0 Å². The number of rotatable bonds is 3. The molecular formula is C18H28N2O. The predicted molar refractivity (Wildman–Crippen MR) is 86.4 cm³/mol. The maximum Gasteiger partial charge on any atom is 0.0595 e. The summed E-state index contributed by atoms with van der Waals surface area (Å²) in [7, 11) is 1.83. The van der Waals surface area contributed by atoms with Gasteiger partial charge in [0, 0.05) is 26.7 Å². The van der Waals surface area contributed by atoms with Crippen LogP contribution in [0.3, 0.4) is 0 Å². The Bertz CT molecular complexity index is 482. The fourth-order valence-electron chi connectivity index (χ4n) is 4.29. The molecule has 1 aliphatic heterocycles. The van der Waals surface area contributed by atoms with Crippen LogP contribution in [0.15, 0.2) is 24.3 Å². The minimum atomic E-state index is 0.0435. The largest absolute Gasteiger partial charge is 0.381 e. The van der Waals surface area contributed by atoms with Gasteiger partial charge in [-0.05, 0) is 42.7 Å². The summed E-state index contributed by atoms with van der Waals surface area (Å²) in [6.45, 7) is 5.25. The molecule has 2 aliphatic rings. The Kier molecular flexibility index (Phi) is 4.34. The highest BCUT2D eigenvalue weighted by atomic mass is 16.5. The molecule has 0 amide bonds. The molecule has 3 rings (SSSR count). The number of nitrogens with zero attached hydrogens (tertiary/aromatic N) is 1. The molecule has 2 unspecified atom stereocenters. The van der Waals surface area contributed by atoms with Crippen molar-refractivity contribution in [3.8, 4) is 0 Å². The second-order valence-corrected chi connectivity index (χ2v) is 6.68. The molecule has 3 nitrogen and oxygen atoms in total. The number of fused-ring (bicyclic) bond motifs is 1. The number of ether oxygens (including phenoxy) is 1. The second-order valence-electron chi connectivity index (χ2n) is 6.68. The van der Waals surface area contributed by atoms with Gasteiger partial charge in [0.1, 0.15) is 0 Å². The van der Waals surface area contributed by atoms with Crippen LogP contribution < -0.4 is 5.73 Å². The van der Waals surface area contributed by atoms with Crippen LogP contribution in [0, 0.1) is 0 Å². The van der Waals surface area contributed by atoms with Crippen molar-refractivity contribution in [1.82, 2.24) is 4.90 Å². The van der Waals surface area contributed by atoms with E-state index in [-0.39, 0.29) is 5.54 Å². The molecule has 0 radical (unpaired) electrons. The van der Waals surface area contributed by atoms with Gasteiger partial charge in [0.2, 0.25) is 0 Å². The molecule has 116 valence electrons. The number of likely N-dealkylation sites (tertiary alicyclic amines) is 1. The zero-order valence-electron chi connectivity index (χ0n) is 13.3. The van der Waals surface area contributed by atoms with E-state index in [4.69, 9.17) is 10.5 Å². The molecule has 1 saturated heterocycles. The van der Waals surface area contributed by atoms with Gasteiger partial charge in [-0.2, -0.15) is 0 Å². The molecule has 0 saturated carbocycles. The number of nitrogens with two attached hydrogens (primary N) is 1. The molecule has 1 heterocycles. The lowest BCUT2D eigenvalue weighted by molar-refractivity contribution is -0.0116. The highest BCUT2D eigenvalue weighted by molar-refractivity contribution is 5.39. The quantitative estimate of drug-likeness (QED) is 0.929. The van der Waals surface area contributed by atoms with Crippen LogP contribution in [0.4, 0.5) is 0 Å². The number of hydrogen-bond donors (Lipinski definition) is 1. The Morgan fingerprint density at radius 1 is 1.24 bits per heavy atom. The summed E-state index contributed by atoms with van der Waals surface area (Å²) >= 11 is 0. The van der Waals surface area contributed by atoms with Crippen molar-refractivity contribution in [2.45, 2.75) is 50.2 Å². The second kappa shape index (κ2) is 6.07. The van der Waals surface area contributed by atoms with Crippen LogP contribution in [0.1, 0.15) is 49.7 Å². The summed E-state index contributed by atoms with van der Waals surface area (Å²) < 4.78 is 5.52. The lowest BCUT2D eigenvalue weighted by Crippen LogP contribution is -2.56. The van der Waals surface area contributed by atoms with Crippen LogP contribution in [0.5, 0.6) is 0 Å². The summed E-state index contributed by atoms with van der Waals surface area (Å²) in [6.07, 6.45) is 5.08. The first-order chi connectivity index (χ1) is 10.2. The van der Waals surface area contributed by atoms with E-state index < -0.39 is 0 Å². The first-order valence-corrected chi connectivity index (χ1v) is 8.28. The average Bonchev–Trinajstić information content (AvgIpc) is 2.56. The molecule has 1 fully saturated rings. The smallest absolute Gasteiger partial charge is 0.0595 e. The van der Waals surface area contributed by atoms with E-state index in [9.17, 15) is 0 Å². The van der Waals surface area contributed by atoms with Crippen molar-refractivity contribution < 1.29 is 4.74 Å². The molecule has 0 bridgehead atoms. The van der Waals surface area contributed by atoms with Crippen LogP contribution in [-0.2, 0) is 10.3 Å². The Labute approximate surface area is 128 Å². The minimum Gasteiger partial charge on any atom is -0.381 e. The van der Waals surface area contributed by atoms with E-state index in [1.807, 2.05) is 7.11 Å². The zero-order chi connectivity index (χ0) is 14.9. The van der Waals surface area contributed by atoms with Crippen molar-refractivity contribution in [2.75, 3.05) is 26.7 Å². The van der Waals surface area contributed by atoms with Gasteiger partial charge in [-0.1, -0.05) is 31.2 Å². The van der Waals surface area contributed by atoms with Gasteiger partial charge in [0.15, 0.2) is 0 Å². The van der Waals surface area contributed by atoms with Crippen LogP contribution >= 0.6 is 0 Å². The summed E-state index contributed by atoms with van der Waals surface area (Å²) in [6, 6.07) is 8.94. The number of piperidine rings is 1. The molecule has 0 spiro atoms. The first kappa shape index (κ1) is 15.0. The number of benzene rings is 1. The van der Waals surface area contributed by atoms with Gasteiger partial charge in [0.05, 0.1) is 11.6 Å². The average molecular weight is 288 g/mol. The van der Waals surface area contributed by atoms with Crippen LogP contribution in [-0.4, -0.2) is 37.7 Å². The molecule has 3 heteroatoms. The molecular weight excluding hydrogens is 260 g/mol. The van der Waals surface area contributed by atoms with Gasteiger partial charge < -0.3 is 10.5 Å². The Morgan fingerprint density at radius 3 is 2.62 bits per heavy atom. The number of hydrogen-bond acceptors (Lipinski definition) is 3. The summed E-state index contributed by atoms with van der Waals surface area (Å²) in [5.41, 5.74) is 9.34. The number of methoxy groups -OCH3 is 1.